The van der Waals surface area contributed by atoms with Crippen LogP contribution >= 0.6 is 0 Å². The van der Waals surface area contributed by atoms with Gasteiger partial charge in [-0.3, -0.25) is 4.98 Å². The van der Waals surface area contributed by atoms with Crippen LogP contribution in [-0.4, -0.2) is 23.0 Å². The monoisotopic (exact) mass is 389 g/mol. The van der Waals surface area contributed by atoms with Crippen LogP contribution in [0.5, 0.6) is 5.75 Å². The van der Waals surface area contributed by atoms with Gasteiger partial charge in [0.15, 0.2) is 6.29 Å². The summed E-state index contributed by atoms with van der Waals surface area (Å²) < 4.78 is 11.7. The Morgan fingerprint density at radius 2 is 1.86 bits per heavy atom. The van der Waals surface area contributed by atoms with Gasteiger partial charge in [0.05, 0.1) is 23.8 Å². The maximum atomic E-state index is 11.8. The van der Waals surface area contributed by atoms with E-state index in [1.165, 1.54) is 0 Å². The van der Waals surface area contributed by atoms with E-state index in [2.05, 4.69) is 4.98 Å². The van der Waals surface area contributed by atoms with Gasteiger partial charge in [-0.1, -0.05) is 48.5 Å². The van der Waals surface area contributed by atoms with Crippen LogP contribution in [0.15, 0.2) is 79.0 Å². The number of aromatic nitrogens is 1. The molecule has 1 fully saturated rings. The van der Waals surface area contributed by atoms with Crippen LogP contribution in [-0.2, 0) is 10.3 Å². The summed E-state index contributed by atoms with van der Waals surface area (Å²) in [6.07, 6.45) is 4.63. The number of pyridine rings is 1. The van der Waals surface area contributed by atoms with Gasteiger partial charge in [-0.05, 0) is 55.2 Å². The van der Waals surface area contributed by atoms with Crippen molar-refractivity contribution < 1.29 is 14.6 Å². The van der Waals surface area contributed by atoms with E-state index in [-0.39, 0.29) is 12.2 Å². The molecule has 0 saturated carbocycles. The van der Waals surface area contributed by atoms with Gasteiger partial charge in [0.25, 0.3) is 0 Å². The second-order valence-electron chi connectivity index (χ2n) is 7.69. The van der Waals surface area contributed by atoms with Gasteiger partial charge in [-0.15, -0.1) is 0 Å². The van der Waals surface area contributed by atoms with E-state index in [9.17, 15) is 5.11 Å². The van der Waals surface area contributed by atoms with Crippen LogP contribution in [0.4, 0.5) is 0 Å². The Labute approximate surface area is 172 Å². The molecule has 0 spiro atoms. The molecule has 1 aliphatic rings. The molecule has 150 valence electrons. The second kappa shape index (κ2) is 8.76. The van der Waals surface area contributed by atoms with Gasteiger partial charge in [0.2, 0.25) is 0 Å². The molecule has 0 aliphatic carbocycles. The van der Waals surface area contributed by atoms with Crippen molar-refractivity contribution >= 4 is 0 Å². The summed E-state index contributed by atoms with van der Waals surface area (Å²) in [5.74, 6) is 0.397. The standard InChI is InChI=1S/C25H27NO3/c1-25(27,20-12-9-13-21(18-20)29-23-15-6-8-17-28-23)24(19-10-3-2-4-11-19)22-14-5-7-16-26-22/h2-5,7,9-14,16,18,23-24,27H,6,8,15,17H2,1H3/t23-,24+,25+/m1/s1. The lowest BCUT2D eigenvalue weighted by Gasteiger charge is -2.34. The highest BCUT2D eigenvalue weighted by Crippen LogP contribution is 2.41. The molecule has 3 atom stereocenters. The normalized spacial score (nSPS) is 19.9. The second-order valence-corrected chi connectivity index (χ2v) is 7.69. The van der Waals surface area contributed by atoms with Crippen molar-refractivity contribution in [2.75, 3.05) is 6.61 Å². The van der Waals surface area contributed by atoms with Gasteiger partial charge in [0, 0.05) is 12.6 Å². The van der Waals surface area contributed by atoms with E-state index < -0.39 is 5.60 Å². The molecule has 1 aliphatic heterocycles. The van der Waals surface area contributed by atoms with Crippen LogP contribution in [0.1, 0.15) is 48.9 Å². The SMILES string of the molecule is C[C@](O)(c1cccc(O[C@@H]2CCCCO2)c1)[C@@H](c1ccccc1)c1ccccn1. The highest BCUT2D eigenvalue weighted by Gasteiger charge is 2.37. The van der Waals surface area contributed by atoms with Gasteiger partial charge in [-0.2, -0.15) is 0 Å². The molecule has 1 aromatic heterocycles. The number of rotatable bonds is 6. The zero-order valence-corrected chi connectivity index (χ0v) is 16.7. The quantitative estimate of drug-likeness (QED) is 0.643. The maximum Gasteiger partial charge on any atom is 0.199 e. The summed E-state index contributed by atoms with van der Waals surface area (Å²) in [6, 6.07) is 23.5. The molecule has 1 saturated heterocycles. The molecule has 4 nitrogen and oxygen atoms in total. The number of hydrogen-bond acceptors (Lipinski definition) is 4. The minimum Gasteiger partial charge on any atom is -0.465 e. The van der Waals surface area contributed by atoms with Crippen molar-refractivity contribution in [3.8, 4) is 5.75 Å². The third-order valence-corrected chi connectivity index (χ3v) is 5.50. The Balaban J connectivity index is 1.68. The predicted molar refractivity (Wildman–Crippen MR) is 113 cm³/mol. The molecule has 3 aromatic rings. The third kappa shape index (κ3) is 4.50. The summed E-state index contributed by atoms with van der Waals surface area (Å²) >= 11 is 0. The first kappa shape index (κ1) is 19.6. The van der Waals surface area contributed by atoms with E-state index in [4.69, 9.17) is 9.47 Å². The number of benzene rings is 2. The van der Waals surface area contributed by atoms with Crippen LogP contribution in [0, 0.1) is 0 Å². The van der Waals surface area contributed by atoms with Crippen LogP contribution in [0.2, 0.25) is 0 Å². The van der Waals surface area contributed by atoms with Crippen LogP contribution in [0.25, 0.3) is 0 Å². The Morgan fingerprint density at radius 3 is 2.59 bits per heavy atom. The third-order valence-electron chi connectivity index (χ3n) is 5.50. The van der Waals surface area contributed by atoms with Gasteiger partial charge in [0.1, 0.15) is 5.75 Å². The van der Waals surface area contributed by atoms with Crippen molar-refractivity contribution in [3.63, 3.8) is 0 Å². The van der Waals surface area contributed by atoms with Gasteiger partial charge in [-0.25, -0.2) is 0 Å². The topological polar surface area (TPSA) is 51.6 Å². The molecular formula is C25H27NO3. The molecule has 2 heterocycles. The van der Waals surface area contributed by atoms with Crippen molar-refractivity contribution in [2.24, 2.45) is 0 Å². The fraction of sp³-hybridized carbons (Fsp3) is 0.320. The summed E-state index contributed by atoms with van der Waals surface area (Å²) in [6.45, 7) is 2.58. The number of ether oxygens (including phenoxy) is 2. The molecule has 0 unspecified atom stereocenters. The molecule has 2 aromatic carbocycles. The van der Waals surface area contributed by atoms with E-state index in [1.54, 1.807) is 6.20 Å². The summed E-state index contributed by atoms with van der Waals surface area (Å²) in [5.41, 5.74) is 1.44. The van der Waals surface area contributed by atoms with E-state index in [0.29, 0.717) is 5.75 Å². The Bertz CT molecular complexity index is 866. The van der Waals surface area contributed by atoms with Crippen LogP contribution in [0.3, 0.4) is 0 Å². The molecule has 0 bridgehead atoms. The Kier molecular flexibility index (Phi) is 5.93. The average molecular weight is 389 g/mol. The van der Waals surface area contributed by atoms with Crippen molar-refractivity contribution in [2.45, 2.75) is 44.0 Å². The highest BCUT2D eigenvalue weighted by atomic mass is 16.7. The molecule has 0 radical (unpaired) electrons. The van der Waals surface area contributed by atoms with E-state index in [0.717, 1.165) is 42.7 Å². The molecular weight excluding hydrogens is 362 g/mol. The highest BCUT2D eigenvalue weighted by molar-refractivity contribution is 5.40. The average Bonchev–Trinajstić information content (AvgIpc) is 2.76. The lowest BCUT2D eigenvalue weighted by Crippen LogP contribution is -2.32. The predicted octanol–water partition coefficient (Wildman–Crippen LogP) is 5.03. The molecule has 29 heavy (non-hydrogen) atoms. The van der Waals surface area contributed by atoms with Crippen molar-refractivity contribution in [1.29, 1.82) is 0 Å². The maximum absolute atomic E-state index is 11.8. The fourth-order valence-electron chi connectivity index (χ4n) is 3.98. The number of nitrogens with zero attached hydrogens (tertiary/aromatic N) is 1. The van der Waals surface area contributed by atoms with E-state index >= 15 is 0 Å². The van der Waals surface area contributed by atoms with E-state index in [1.807, 2.05) is 79.7 Å². The lowest BCUT2D eigenvalue weighted by atomic mass is 9.76. The Morgan fingerprint density at radius 1 is 1.03 bits per heavy atom. The van der Waals surface area contributed by atoms with Crippen molar-refractivity contribution in [3.05, 3.63) is 95.8 Å². The first-order valence-corrected chi connectivity index (χ1v) is 10.2. The minimum absolute atomic E-state index is 0.218. The molecule has 4 heteroatoms. The molecule has 1 N–H and O–H groups in total. The first-order chi connectivity index (χ1) is 14.1. The smallest absolute Gasteiger partial charge is 0.199 e. The fourth-order valence-corrected chi connectivity index (χ4v) is 3.98. The van der Waals surface area contributed by atoms with Crippen molar-refractivity contribution in [1.82, 2.24) is 4.98 Å². The zero-order valence-electron chi connectivity index (χ0n) is 16.7. The largest absolute Gasteiger partial charge is 0.465 e. The van der Waals surface area contributed by atoms with Crippen LogP contribution < -0.4 is 4.74 Å². The Hall–Kier alpha value is -2.69. The summed E-state index contributed by atoms with van der Waals surface area (Å²) in [7, 11) is 0. The molecule has 0 amide bonds. The summed E-state index contributed by atoms with van der Waals surface area (Å²) in [5, 5.41) is 11.8. The van der Waals surface area contributed by atoms with Gasteiger partial charge < -0.3 is 14.6 Å². The molecule has 4 rings (SSSR count). The zero-order chi connectivity index (χ0) is 20.1. The summed E-state index contributed by atoms with van der Waals surface area (Å²) in [4.78, 5) is 4.55. The first-order valence-electron chi connectivity index (χ1n) is 10.2. The minimum atomic E-state index is -1.18. The number of hydrogen-bond donors (Lipinski definition) is 1. The van der Waals surface area contributed by atoms with Gasteiger partial charge >= 0.3 is 0 Å². The lowest BCUT2D eigenvalue weighted by molar-refractivity contribution is -0.106. The number of aliphatic hydroxyl groups is 1.